The molecule has 0 bridgehead atoms. The van der Waals surface area contributed by atoms with E-state index < -0.39 is 0 Å². The molecule has 0 radical (unpaired) electrons. The van der Waals surface area contributed by atoms with Gasteiger partial charge in [-0.15, -0.1) is 0 Å². The summed E-state index contributed by atoms with van der Waals surface area (Å²) < 4.78 is 6.67. The van der Waals surface area contributed by atoms with Crippen LogP contribution < -0.4 is 10.1 Å². The maximum atomic E-state index is 5.60. The lowest BCUT2D eigenvalue weighted by Gasteiger charge is -2.11. The lowest BCUT2D eigenvalue weighted by Crippen LogP contribution is -2.16. The fraction of sp³-hybridized carbons (Fsp3) is 0.500. The van der Waals surface area contributed by atoms with Gasteiger partial charge in [-0.3, -0.25) is 0 Å². The Kier molecular flexibility index (Phi) is 3.65. The topological polar surface area (TPSA) is 21.3 Å². The summed E-state index contributed by atoms with van der Waals surface area (Å²) in [6.07, 6.45) is 2.64. The average molecular weight is 270 g/mol. The first-order valence-electron chi connectivity index (χ1n) is 5.44. The van der Waals surface area contributed by atoms with E-state index in [1.807, 2.05) is 13.0 Å². The molecule has 0 atom stereocenters. The number of benzene rings is 1. The van der Waals surface area contributed by atoms with Crippen molar-refractivity contribution >= 4 is 15.9 Å². The van der Waals surface area contributed by atoms with Crippen LogP contribution in [-0.2, 0) is 6.54 Å². The minimum atomic E-state index is 0.715. The van der Waals surface area contributed by atoms with E-state index in [-0.39, 0.29) is 0 Å². The van der Waals surface area contributed by atoms with Crippen LogP contribution in [0.4, 0.5) is 0 Å². The van der Waals surface area contributed by atoms with Gasteiger partial charge in [-0.05, 0) is 31.9 Å². The van der Waals surface area contributed by atoms with Crippen LogP contribution in [-0.4, -0.2) is 12.6 Å². The van der Waals surface area contributed by atoms with E-state index in [1.54, 1.807) is 0 Å². The first-order valence-corrected chi connectivity index (χ1v) is 6.23. The van der Waals surface area contributed by atoms with Crippen molar-refractivity contribution in [1.29, 1.82) is 0 Å². The highest BCUT2D eigenvalue weighted by molar-refractivity contribution is 9.10. The van der Waals surface area contributed by atoms with Crippen molar-refractivity contribution in [2.45, 2.75) is 32.4 Å². The van der Waals surface area contributed by atoms with Crippen molar-refractivity contribution in [1.82, 2.24) is 5.32 Å². The zero-order valence-electron chi connectivity index (χ0n) is 8.92. The Morgan fingerprint density at radius 3 is 2.93 bits per heavy atom. The fourth-order valence-corrected chi connectivity index (χ4v) is 1.85. The molecule has 1 aromatic carbocycles. The molecule has 15 heavy (non-hydrogen) atoms. The monoisotopic (exact) mass is 269 g/mol. The third-order valence-corrected chi connectivity index (χ3v) is 2.98. The Hall–Kier alpha value is -0.540. The average Bonchev–Trinajstić information content (AvgIpc) is 3.01. The lowest BCUT2D eigenvalue weighted by atomic mass is 10.2. The normalized spacial score (nSPS) is 15.3. The van der Waals surface area contributed by atoms with E-state index in [1.165, 1.54) is 18.4 Å². The van der Waals surface area contributed by atoms with E-state index in [0.29, 0.717) is 6.61 Å². The first kappa shape index (κ1) is 11.0. The van der Waals surface area contributed by atoms with Crippen LogP contribution in [0.2, 0.25) is 0 Å². The molecule has 1 aliphatic rings. The molecule has 0 amide bonds. The van der Waals surface area contributed by atoms with Crippen LogP contribution >= 0.6 is 15.9 Å². The molecule has 0 saturated heterocycles. The second-order valence-electron chi connectivity index (χ2n) is 3.84. The summed E-state index contributed by atoms with van der Waals surface area (Å²) in [4.78, 5) is 0. The minimum Gasteiger partial charge on any atom is -0.494 e. The van der Waals surface area contributed by atoms with E-state index >= 15 is 0 Å². The number of hydrogen-bond acceptors (Lipinski definition) is 2. The van der Waals surface area contributed by atoms with Gasteiger partial charge in [-0.1, -0.05) is 22.0 Å². The smallest absolute Gasteiger partial charge is 0.124 e. The minimum absolute atomic E-state index is 0.715. The van der Waals surface area contributed by atoms with Crippen LogP contribution in [0.5, 0.6) is 5.75 Å². The number of ether oxygens (including phenoxy) is 1. The number of hydrogen-bond donors (Lipinski definition) is 1. The van der Waals surface area contributed by atoms with Crippen LogP contribution in [0.1, 0.15) is 25.3 Å². The van der Waals surface area contributed by atoms with E-state index in [0.717, 1.165) is 22.8 Å². The van der Waals surface area contributed by atoms with Gasteiger partial charge in [0.15, 0.2) is 0 Å². The van der Waals surface area contributed by atoms with Gasteiger partial charge in [0, 0.05) is 22.6 Å². The molecule has 1 saturated carbocycles. The molecular formula is C12H16BrNO. The van der Waals surface area contributed by atoms with Gasteiger partial charge in [0.05, 0.1) is 6.61 Å². The molecule has 0 spiro atoms. The predicted octanol–water partition coefficient (Wildman–Crippen LogP) is 3.10. The maximum absolute atomic E-state index is 5.60. The van der Waals surface area contributed by atoms with Gasteiger partial charge in [-0.25, -0.2) is 0 Å². The second-order valence-corrected chi connectivity index (χ2v) is 4.76. The molecule has 1 N–H and O–H groups in total. The van der Waals surface area contributed by atoms with Crippen LogP contribution in [0, 0.1) is 0 Å². The Balaban J connectivity index is 2.04. The van der Waals surface area contributed by atoms with Crippen molar-refractivity contribution in [3.05, 3.63) is 28.2 Å². The molecule has 0 unspecified atom stereocenters. The Bertz CT molecular complexity index is 336. The van der Waals surface area contributed by atoms with Crippen molar-refractivity contribution in [2.24, 2.45) is 0 Å². The van der Waals surface area contributed by atoms with Crippen LogP contribution in [0.3, 0.4) is 0 Å². The number of halogens is 1. The Morgan fingerprint density at radius 1 is 1.47 bits per heavy atom. The van der Waals surface area contributed by atoms with Crippen molar-refractivity contribution in [2.75, 3.05) is 6.61 Å². The number of nitrogens with one attached hydrogen (secondary N) is 1. The predicted molar refractivity (Wildman–Crippen MR) is 65.2 cm³/mol. The molecular weight excluding hydrogens is 254 g/mol. The first-order chi connectivity index (χ1) is 7.29. The van der Waals surface area contributed by atoms with E-state index in [9.17, 15) is 0 Å². The van der Waals surface area contributed by atoms with Crippen LogP contribution in [0.15, 0.2) is 22.7 Å². The Labute approximate surface area is 99.1 Å². The zero-order valence-corrected chi connectivity index (χ0v) is 10.5. The van der Waals surface area contributed by atoms with Crippen molar-refractivity contribution in [3.63, 3.8) is 0 Å². The largest absolute Gasteiger partial charge is 0.494 e. The summed E-state index contributed by atoms with van der Waals surface area (Å²) in [5.74, 6) is 0.986. The molecule has 1 fully saturated rings. The Morgan fingerprint density at radius 2 is 2.27 bits per heavy atom. The zero-order chi connectivity index (χ0) is 10.7. The molecule has 0 aromatic heterocycles. The van der Waals surface area contributed by atoms with E-state index in [4.69, 9.17) is 4.74 Å². The van der Waals surface area contributed by atoms with Gasteiger partial charge in [0.2, 0.25) is 0 Å². The summed E-state index contributed by atoms with van der Waals surface area (Å²) in [5.41, 5.74) is 1.24. The summed E-state index contributed by atoms with van der Waals surface area (Å²) >= 11 is 3.46. The van der Waals surface area contributed by atoms with Crippen molar-refractivity contribution in [3.8, 4) is 5.75 Å². The molecule has 0 aliphatic heterocycles. The summed E-state index contributed by atoms with van der Waals surface area (Å²) in [6, 6.07) is 6.95. The summed E-state index contributed by atoms with van der Waals surface area (Å²) in [7, 11) is 0. The molecule has 2 nitrogen and oxygen atoms in total. The molecule has 2 rings (SSSR count). The lowest BCUT2D eigenvalue weighted by molar-refractivity contribution is 0.335. The second kappa shape index (κ2) is 4.99. The van der Waals surface area contributed by atoms with Crippen molar-refractivity contribution < 1.29 is 4.74 Å². The third-order valence-electron chi connectivity index (χ3n) is 2.49. The highest BCUT2D eigenvalue weighted by Gasteiger charge is 2.20. The SMILES string of the molecule is CCOc1cc(Br)ccc1CNC1CC1. The molecule has 3 heteroatoms. The highest BCUT2D eigenvalue weighted by Crippen LogP contribution is 2.25. The third kappa shape index (κ3) is 3.21. The van der Waals surface area contributed by atoms with Gasteiger partial charge >= 0.3 is 0 Å². The molecule has 1 aromatic rings. The standard InChI is InChI=1S/C12H16BrNO/c1-2-15-12-7-10(13)4-3-9(12)8-14-11-5-6-11/h3-4,7,11,14H,2,5-6,8H2,1H3. The molecule has 1 aliphatic carbocycles. The van der Waals surface area contributed by atoms with Gasteiger partial charge in [0.1, 0.15) is 5.75 Å². The van der Waals surface area contributed by atoms with E-state index in [2.05, 4.69) is 33.4 Å². The van der Waals surface area contributed by atoms with Gasteiger partial charge < -0.3 is 10.1 Å². The maximum Gasteiger partial charge on any atom is 0.124 e. The number of rotatable bonds is 5. The summed E-state index contributed by atoms with van der Waals surface area (Å²) in [5, 5.41) is 3.50. The summed E-state index contributed by atoms with van der Waals surface area (Å²) in [6.45, 7) is 3.64. The van der Waals surface area contributed by atoms with Gasteiger partial charge in [-0.2, -0.15) is 0 Å². The van der Waals surface area contributed by atoms with Crippen LogP contribution in [0.25, 0.3) is 0 Å². The van der Waals surface area contributed by atoms with Gasteiger partial charge in [0.25, 0.3) is 0 Å². The molecule has 0 heterocycles. The quantitative estimate of drug-likeness (QED) is 0.887. The molecule has 82 valence electrons. The highest BCUT2D eigenvalue weighted by atomic mass is 79.9. The fourth-order valence-electron chi connectivity index (χ4n) is 1.51.